The number of hydrogen-bond acceptors (Lipinski definition) is 2. The van der Waals surface area contributed by atoms with Crippen LogP contribution >= 0.6 is 15.9 Å². The summed E-state index contributed by atoms with van der Waals surface area (Å²) in [7, 11) is 0. The van der Waals surface area contributed by atoms with E-state index in [2.05, 4.69) is 29.8 Å². The lowest BCUT2D eigenvalue weighted by molar-refractivity contribution is -0.0523. The number of halogens is 1. The third kappa shape index (κ3) is 2.99. The topological polar surface area (TPSA) is 18.5 Å². The van der Waals surface area contributed by atoms with Gasteiger partial charge in [-0.15, -0.1) is 0 Å². The number of ether oxygens (including phenoxy) is 2. The van der Waals surface area contributed by atoms with E-state index in [-0.39, 0.29) is 5.60 Å². The Hall–Kier alpha value is 0.400. The molecule has 2 rings (SSSR count). The summed E-state index contributed by atoms with van der Waals surface area (Å²) in [5, 5.41) is 1.09. The highest BCUT2D eigenvalue weighted by atomic mass is 79.9. The second-order valence-corrected chi connectivity index (χ2v) is 6.55. The zero-order valence-corrected chi connectivity index (χ0v) is 12.0. The molecule has 1 atom stereocenters. The van der Waals surface area contributed by atoms with E-state index in [1.807, 2.05) is 0 Å². The standard InChI is InChI=1S/C13H23BrO2/c1-12(2)4-3-11(16-12)9-13(10-14)5-7-15-8-6-13/h11H,3-10H2,1-2H3. The van der Waals surface area contributed by atoms with E-state index in [1.165, 1.54) is 32.1 Å². The summed E-state index contributed by atoms with van der Waals surface area (Å²) < 4.78 is 11.6. The SMILES string of the molecule is CC1(C)CCC(CC2(CBr)CCOCC2)O1. The van der Waals surface area contributed by atoms with Gasteiger partial charge in [-0.05, 0) is 51.4 Å². The fourth-order valence-corrected chi connectivity index (χ4v) is 3.69. The Kier molecular flexibility index (Phi) is 3.97. The molecule has 1 unspecified atom stereocenters. The van der Waals surface area contributed by atoms with E-state index < -0.39 is 0 Å². The van der Waals surface area contributed by atoms with Crippen LogP contribution < -0.4 is 0 Å². The number of alkyl halides is 1. The molecule has 0 spiro atoms. The van der Waals surface area contributed by atoms with Gasteiger partial charge in [0, 0.05) is 18.5 Å². The molecule has 2 aliphatic rings. The monoisotopic (exact) mass is 290 g/mol. The molecule has 3 heteroatoms. The molecule has 2 saturated heterocycles. The predicted octanol–water partition coefficient (Wildman–Crippen LogP) is 3.53. The van der Waals surface area contributed by atoms with E-state index in [9.17, 15) is 0 Å². The molecule has 16 heavy (non-hydrogen) atoms. The molecule has 2 nitrogen and oxygen atoms in total. The summed E-state index contributed by atoms with van der Waals surface area (Å²) in [6, 6.07) is 0. The highest BCUT2D eigenvalue weighted by Crippen LogP contribution is 2.42. The van der Waals surface area contributed by atoms with Crippen LogP contribution in [0, 0.1) is 5.41 Å². The van der Waals surface area contributed by atoms with Gasteiger partial charge in [0.1, 0.15) is 0 Å². The Morgan fingerprint density at radius 3 is 2.38 bits per heavy atom. The third-order valence-electron chi connectivity index (χ3n) is 4.05. The lowest BCUT2D eigenvalue weighted by Gasteiger charge is -2.37. The zero-order chi connectivity index (χ0) is 11.6. The van der Waals surface area contributed by atoms with Crippen LogP contribution in [-0.2, 0) is 9.47 Å². The molecule has 2 heterocycles. The molecule has 0 aromatic heterocycles. The smallest absolute Gasteiger partial charge is 0.0631 e. The van der Waals surface area contributed by atoms with Gasteiger partial charge in [0.2, 0.25) is 0 Å². The zero-order valence-electron chi connectivity index (χ0n) is 10.4. The quantitative estimate of drug-likeness (QED) is 0.741. The first-order valence-corrected chi connectivity index (χ1v) is 7.49. The molecule has 0 aromatic rings. The summed E-state index contributed by atoms with van der Waals surface area (Å²) in [5.41, 5.74) is 0.521. The van der Waals surface area contributed by atoms with Crippen molar-refractivity contribution >= 4 is 15.9 Å². The van der Waals surface area contributed by atoms with Crippen LogP contribution in [0.2, 0.25) is 0 Å². The van der Waals surface area contributed by atoms with Crippen LogP contribution in [0.3, 0.4) is 0 Å². The predicted molar refractivity (Wildman–Crippen MR) is 69.1 cm³/mol. The molecule has 0 radical (unpaired) electrons. The summed E-state index contributed by atoms with van der Waals surface area (Å²) >= 11 is 3.69. The van der Waals surface area contributed by atoms with E-state index >= 15 is 0 Å². The molecule has 0 aromatic carbocycles. The van der Waals surface area contributed by atoms with Crippen LogP contribution in [-0.4, -0.2) is 30.2 Å². The maximum Gasteiger partial charge on any atom is 0.0631 e. The van der Waals surface area contributed by atoms with Crippen LogP contribution in [0.5, 0.6) is 0 Å². The summed E-state index contributed by atoms with van der Waals surface area (Å²) in [5.74, 6) is 0. The van der Waals surface area contributed by atoms with Crippen molar-refractivity contribution in [3.8, 4) is 0 Å². The second kappa shape index (κ2) is 4.95. The lowest BCUT2D eigenvalue weighted by Crippen LogP contribution is -2.35. The van der Waals surface area contributed by atoms with Gasteiger partial charge in [-0.1, -0.05) is 15.9 Å². The summed E-state index contributed by atoms with van der Waals surface area (Å²) in [6.07, 6.45) is 6.45. The molecule has 0 bridgehead atoms. The molecule has 0 amide bonds. The normalized spacial score (nSPS) is 32.8. The van der Waals surface area contributed by atoms with E-state index in [1.54, 1.807) is 0 Å². The minimum atomic E-state index is 0.101. The highest BCUT2D eigenvalue weighted by molar-refractivity contribution is 9.09. The minimum absolute atomic E-state index is 0.101. The maximum absolute atomic E-state index is 6.12. The van der Waals surface area contributed by atoms with E-state index in [0.717, 1.165) is 18.5 Å². The molecular weight excluding hydrogens is 268 g/mol. The van der Waals surface area contributed by atoms with Gasteiger partial charge < -0.3 is 9.47 Å². The van der Waals surface area contributed by atoms with Gasteiger partial charge in [-0.25, -0.2) is 0 Å². The van der Waals surface area contributed by atoms with Crippen molar-refractivity contribution in [1.82, 2.24) is 0 Å². The van der Waals surface area contributed by atoms with Crippen LogP contribution in [0.4, 0.5) is 0 Å². The molecule has 94 valence electrons. The van der Waals surface area contributed by atoms with Gasteiger partial charge in [0.05, 0.1) is 11.7 Å². The number of rotatable bonds is 3. The van der Waals surface area contributed by atoms with Crippen molar-refractivity contribution in [3.05, 3.63) is 0 Å². The Labute approximate surface area is 107 Å². The Morgan fingerprint density at radius 2 is 1.88 bits per heavy atom. The average Bonchev–Trinajstić information content (AvgIpc) is 2.59. The van der Waals surface area contributed by atoms with E-state index in [4.69, 9.17) is 9.47 Å². The highest BCUT2D eigenvalue weighted by Gasteiger charge is 2.39. The Bertz CT molecular complexity index is 234. The molecule has 2 fully saturated rings. The van der Waals surface area contributed by atoms with Crippen LogP contribution in [0.15, 0.2) is 0 Å². The average molecular weight is 291 g/mol. The van der Waals surface area contributed by atoms with Crippen molar-refractivity contribution in [1.29, 1.82) is 0 Å². The third-order valence-corrected chi connectivity index (χ3v) is 5.24. The minimum Gasteiger partial charge on any atom is -0.381 e. The first kappa shape index (κ1) is 12.8. The fraction of sp³-hybridized carbons (Fsp3) is 1.00. The van der Waals surface area contributed by atoms with Gasteiger partial charge in [-0.2, -0.15) is 0 Å². The molecule has 0 saturated carbocycles. The van der Waals surface area contributed by atoms with Gasteiger partial charge >= 0.3 is 0 Å². The second-order valence-electron chi connectivity index (χ2n) is 5.99. The van der Waals surface area contributed by atoms with Crippen molar-refractivity contribution in [2.75, 3.05) is 18.5 Å². The first-order chi connectivity index (χ1) is 7.55. The Morgan fingerprint density at radius 1 is 1.19 bits per heavy atom. The van der Waals surface area contributed by atoms with Crippen molar-refractivity contribution in [2.24, 2.45) is 5.41 Å². The van der Waals surface area contributed by atoms with Crippen molar-refractivity contribution in [2.45, 2.75) is 57.7 Å². The first-order valence-electron chi connectivity index (χ1n) is 6.37. The van der Waals surface area contributed by atoms with Crippen LogP contribution in [0.1, 0.15) is 46.0 Å². The van der Waals surface area contributed by atoms with Crippen molar-refractivity contribution < 1.29 is 9.47 Å². The maximum atomic E-state index is 6.12. The van der Waals surface area contributed by atoms with Gasteiger partial charge in [-0.3, -0.25) is 0 Å². The summed E-state index contributed by atoms with van der Waals surface area (Å²) in [4.78, 5) is 0. The largest absolute Gasteiger partial charge is 0.381 e. The van der Waals surface area contributed by atoms with Crippen molar-refractivity contribution in [3.63, 3.8) is 0 Å². The molecule has 0 N–H and O–H groups in total. The molecule has 0 aliphatic carbocycles. The lowest BCUT2D eigenvalue weighted by atomic mass is 9.77. The molecular formula is C13H23BrO2. The van der Waals surface area contributed by atoms with Gasteiger partial charge in [0.15, 0.2) is 0 Å². The number of hydrogen-bond donors (Lipinski definition) is 0. The van der Waals surface area contributed by atoms with E-state index in [0.29, 0.717) is 11.5 Å². The Balaban J connectivity index is 1.91. The molecule has 2 aliphatic heterocycles. The summed E-state index contributed by atoms with van der Waals surface area (Å²) in [6.45, 7) is 6.25. The fourth-order valence-electron chi connectivity index (χ4n) is 2.90. The van der Waals surface area contributed by atoms with Crippen LogP contribution in [0.25, 0.3) is 0 Å². The van der Waals surface area contributed by atoms with Gasteiger partial charge in [0.25, 0.3) is 0 Å².